The van der Waals surface area contributed by atoms with Crippen LogP contribution in [0.15, 0.2) is 47.0 Å². The molecule has 1 amide bonds. The summed E-state index contributed by atoms with van der Waals surface area (Å²) in [5.74, 6) is 0.750. The monoisotopic (exact) mass is 283 g/mol. The summed E-state index contributed by atoms with van der Waals surface area (Å²) in [5.41, 5.74) is 7.36. The molecule has 0 aliphatic heterocycles. The Bertz CT molecular complexity index is 794. The first kappa shape index (κ1) is 13.0. The first-order valence-corrected chi connectivity index (χ1v) is 6.27. The lowest BCUT2D eigenvalue weighted by Crippen LogP contribution is -2.12. The van der Waals surface area contributed by atoms with Gasteiger partial charge in [-0.25, -0.2) is 0 Å². The third kappa shape index (κ3) is 2.51. The third-order valence-corrected chi connectivity index (χ3v) is 3.08. The van der Waals surface area contributed by atoms with Crippen molar-refractivity contribution in [2.45, 2.75) is 0 Å². The molecule has 3 N–H and O–H groups in total. The van der Waals surface area contributed by atoms with Gasteiger partial charge in [0, 0.05) is 11.3 Å². The molecule has 6 heteroatoms. The van der Waals surface area contributed by atoms with Crippen LogP contribution < -0.4 is 15.8 Å². The van der Waals surface area contributed by atoms with Crippen LogP contribution in [0.25, 0.3) is 11.0 Å². The van der Waals surface area contributed by atoms with Crippen LogP contribution in [-0.4, -0.2) is 18.2 Å². The molecule has 0 unspecified atom stereocenters. The van der Waals surface area contributed by atoms with Crippen molar-refractivity contribution in [1.82, 2.24) is 5.16 Å². The summed E-state index contributed by atoms with van der Waals surface area (Å²) in [5, 5.41) is 7.22. The number of carbonyl (C=O) groups excluding carboxylic acids is 1. The van der Waals surface area contributed by atoms with Crippen molar-refractivity contribution >= 4 is 28.4 Å². The molecular formula is C15H13N3O3. The number of amides is 1. The number of nitrogens with one attached hydrogen (secondary N) is 1. The quantitative estimate of drug-likeness (QED) is 0.721. The van der Waals surface area contributed by atoms with Crippen molar-refractivity contribution in [2.75, 3.05) is 18.2 Å². The second-order valence-electron chi connectivity index (χ2n) is 4.47. The molecule has 21 heavy (non-hydrogen) atoms. The number of nitrogen functional groups attached to an aromatic ring is 1. The van der Waals surface area contributed by atoms with Crippen molar-refractivity contribution in [3.05, 3.63) is 48.0 Å². The largest absolute Gasteiger partial charge is 0.497 e. The minimum absolute atomic E-state index is 0.282. The number of aromatic nitrogens is 1. The van der Waals surface area contributed by atoms with Gasteiger partial charge in [0.2, 0.25) is 0 Å². The number of ether oxygens (including phenoxy) is 1. The maximum atomic E-state index is 12.2. The fourth-order valence-corrected chi connectivity index (χ4v) is 1.97. The van der Waals surface area contributed by atoms with Gasteiger partial charge in [-0.2, -0.15) is 0 Å². The van der Waals surface area contributed by atoms with Gasteiger partial charge in [0.1, 0.15) is 5.75 Å². The summed E-state index contributed by atoms with van der Waals surface area (Å²) in [6.07, 6.45) is 0. The van der Waals surface area contributed by atoms with Crippen LogP contribution in [0.1, 0.15) is 10.4 Å². The summed E-state index contributed by atoms with van der Waals surface area (Å²) in [7, 11) is 1.57. The standard InChI is InChI=1S/C15H13N3O3/c1-20-11-5-2-9(3-6-11)15(19)17-14-12-8-10(16)4-7-13(12)21-18-14/h2-8H,16H2,1H3,(H,17,18,19). The molecule has 0 aliphatic rings. The Morgan fingerprint density at radius 2 is 2.00 bits per heavy atom. The highest BCUT2D eigenvalue weighted by Crippen LogP contribution is 2.25. The van der Waals surface area contributed by atoms with Crippen LogP contribution in [0.5, 0.6) is 5.75 Å². The third-order valence-electron chi connectivity index (χ3n) is 3.08. The molecule has 0 saturated carbocycles. The van der Waals surface area contributed by atoms with Crippen molar-refractivity contribution in [1.29, 1.82) is 0 Å². The van der Waals surface area contributed by atoms with Crippen LogP contribution in [0, 0.1) is 0 Å². The molecule has 0 spiro atoms. The molecule has 6 nitrogen and oxygen atoms in total. The Kier molecular flexibility index (Phi) is 3.19. The van der Waals surface area contributed by atoms with Gasteiger partial charge in [0.15, 0.2) is 11.4 Å². The van der Waals surface area contributed by atoms with E-state index in [4.69, 9.17) is 15.0 Å². The van der Waals surface area contributed by atoms with Crippen LogP contribution in [-0.2, 0) is 0 Å². The maximum Gasteiger partial charge on any atom is 0.256 e. The number of nitrogens with two attached hydrogens (primary N) is 1. The molecular weight excluding hydrogens is 270 g/mol. The van der Waals surface area contributed by atoms with Crippen LogP contribution >= 0.6 is 0 Å². The molecule has 1 aromatic heterocycles. The van der Waals surface area contributed by atoms with E-state index in [-0.39, 0.29) is 5.91 Å². The maximum absolute atomic E-state index is 12.2. The topological polar surface area (TPSA) is 90.4 Å². The van der Waals surface area contributed by atoms with Crippen molar-refractivity contribution in [3.63, 3.8) is 0 Å². The van der Waals surface area contributed by atoms with Crippen molar-refractivity contribution in [3.8, 4) is 5.75 Å². The average Bonchev–Trinajstić information content (AvgIpc) is 2.89. The van der Waals surface area contributed by atoms with E-state index in [1.54, 1.807) is 49.6 Å². The van der Waals surface area contributed by atoms with Gasteiger partial charge in [-0.15, -0.1) is 0 Å². The van der Waals surface area contributed by atoms with Gasteiger partial charge in [-0.1, -0.05) is 5.16 Å². The van der Waals surface area contributed by atoms with Crippen LogP contribution in [0.2, 0.25) is 0 Å². The Morgan fingerprint density at radius 3 is 2.71 bits per heavy atom. The van der Waals surface area contributed by atoms with Gasteiger partial charge in [0.25, 0.3) is 5.91 Å². The lowest BCUT2D eigenvalue weighted by Gasteiger charge is -2.03. The molecule has 2 aromatic carbocycles. The molecule has 0 atom stereocenters. The number of carbonyl (C=O) groups is 1. The van der Waals surface area contributed by atoms with Crippen LogP contribution in [0.4, 0.5) is 11.5 Å². The summed E-state index contributed by atoms with van der Waals surface area (Å²) in [4.78, 5) is 12.2. The minimum Gasteiger partial charge on any atom is -0.497 e. The summed E-state index contributed by atoms with van der Waals surface area (Å²) in [6.45, 7) is 0. The molecule has 0 bridgehead atoms. The van der Waals surface area contributed by atoms with E-state index in [0.717, 1.165) is 0 Å². The first-order valence-electron chi connectivity index (χ1n) is 6.27. The molecule has 0 saturated heterocycles. The number of nitrogens with zero attached hydrogens (tertiary/aromatic N) is 1. The van der Waals surface area contributed by atoms with E-state index in [2.05, 4.69) is 10.5 Å². The fourth-order valence-electron chi connectivity index (χ4n) is 1.97. The number of benzene rings is 2. The van der Waals surface area contributed by atoms with Gasteiger partial charge >= 0.3 is 0 Å². The van der Waals surface area contributed by atoms with E-state index in [0.29, 0.717) is 33.8 Å². The van der Waals surface area contributed by atoms with Crippen LogP contribution in [0.3, 0.4) is 0 Å². The first-order chi connectivity index (χ1) is 10.2. The predicted molar refractivity (Wildman–Crippen MR) is 79.4 cm³/mol. The zero-order chi connectivity index (χ0) is 14.8. The van der Waals surface area contributed by atoms with E-state index < -0.39 is 0 Å². The van der Waals surface area contributed by atoms with E-state index in [1.807, 2.05) is 0 Å². The number of hydrogen-bond acceptors (Lipinski definition) is 5. The number of anilines is 2. The second kappa shape index (κ2) is 5.16. The molecule has 3 aromatic rings. The van der Waals surface area contributed by atoms with Crippen molar-refractivity contribution < 1.29 is 14.1 Å². The molecule has 0 aliphatic carbocycles. The molecule has 106 valence electrons. The summed E-state index contributed by atoms with van der Waals surface area (Å²) in [6, 6.07) is 11.9. The highest BCUT2D eigenvalue weighted by atomic mass is 16.5. The zero-order valence-corrected chi connectivity index (χ0v) is 11.3. The SMILES string of the molecule is COc1ccc(C(=O)Nc2noc3ccc(N)cc23)cc1. The van der Waals surface area contributed by atoms with Gasteiger partial charge in [-0.3, -0.25) is 4.79 Å². The van der Waals surface area contributed by atoms with Gasteiger partial charge in [-0.05, 0) is 42.5 Å². The Hall–Kier alpha value is -3.02. The minimum atomic E-state index is -0.282. The van der Waals surface area contributed by atoms with E-state index in [1.165, 1.54) is 0 Å². The Labute approximate surface area is 120 Å². The average molecular weight is 283 g/mol. The fraction of sp³-hybridized carbons (Fsp3) is 0.0667. The molecule has 3 rings (SSSR count). The summed E-state index contributed by atoms with van der Waals surface area (Å²) >= 11 is 0. The molecule has 1 heterocycles. The summed E-state index contributed by atoms with van der Waals surface area (Å²) < 4.78 is 10.2. The zero-order valence-electron chi connectivity index (χ0n) is 11.3. The molecule has 0 radical (unpaired) electrons. The van der Waals surface area contributed by atoms with E-state index in [9.17, 15) is 4.79 Å². The highest BCUT2D eigenvalue weighted by Gasteiger charge is 2.13. The Balaban J connectivity index is 1.87. The van der Waals surface area contributed by atoms with E-state index >= 15 is 0 Å². The lowest BCUT2D eigenvalue weighted by molar-refractivity contribution is 0.102. The lowest BCUT2D eigenvalue weighted by atomic mass is 10.2. The Morgan fingerprint density at radius 1 is 1.24 bits per heavy atom. The number of rotatable bonds is 3. The number of methoxy groups -OCH3 is 1. The van der Waals surface area contributed by atoms with Gasteiger partial charge in [0.05, 0.1) is 12.5 Å². The number of fused-ring (bicyclic) bond motifs is 1. The second-order valence-corrected chi connectivity index (χ2v) is 4.47. The van der Waals surface area contributed by atoms with Gasteiger partial charge < -0.3 is 20.3 Å². The smallest absolute Gasteiger partial charge is 0.256 e. The van der Waals surface area contributed by atoms with Crippen molar-refractivity contribution in [2.24, 2.45) is 0 Å². The molecule has 0 fully saturated rings. The number of hydrogen-bond donors (Lipinski definition) is 2. The normalized spacial score (nSPS) is 10.5. The highest BCUT2D eigenvalue weighted by molar-refractivity contribution is 6.07. The predicted octanol–water partition coefficient (Wildman–Crippen LogP) is 2.67.